The van der Waals surface area contributed by atoms with Crippen molar-refractivity contribution in [3.8, 4) is 0 Å². The molecule has 1 aromatic rings. The molecule has 3 nitrogen and oxygen atoms in total. The summed E-state index contributed by atoms with van der Waals surface area (Å²) < 4.78 is 0. The van der Waals surface area contributed by atoms with Crippen LogP contribution < -0.4 is 5.32 Å². The van der Waals surface area contributed by atoms with Gasteiger partial charge in [-0.2, -0.15) is 0 Å². The fourth-order valence-electron chi connectivity index (χ4n) is 2.02. The predicted molar refractivity (Wildman–Crippen MR) is 64.3 cm³/mol. The molecule has 1 fully saturated rings. The van der Waals surface area contributed by atoms with Crippen molar-refractivity contribution in [2.45, 2.75) is 33.4 Å². The van der Waals surface area contributed by atoms with Crippen LogP contribution >= 0.6 is 11.3 Å². The summed E-state index contributed by atoms with van der Waals surface area (Å²) in [7, 11) is 0. The van der Waals surface area contributed by atoms with Crippen LogP contribution in [0.2, 0.25) is 0 Å². The minimum Gasteiger partial charge on any atom is -0.314 e. The first-order valence-electron chi connectivity index (χ1n) is 5.54. The van der Waals surface area contributed by atoms with Crippen molar-refractivity contribution in [1.29, 1.82) is 0 Å². The van der Waals surface area contributed by atoms with Crippen LogP contribution in [0.15, 0.2) is 0 Å². The van der Waals surface area contributed by atoms with E-state index in [4.69, 9.17) is 0 Å². The molecule has 1 aliphatic heterocycles. The fourth-order valence-corrected chi connectivity index (χ4v) is 2.99. The molecule has 15 heavy (non-hydrogen) atoms. The lowest BCUT2D eigenvalue weighted by Crippen LogP contribution is -2.49. The lowest BCUT2D eigenvalue weighted by molar-refractivity contribution is 0.167. The van der Waals surface area contributed by atoms with E-state index in [1.165, 1.54) is 15.6 Å². The number of nitrogens with zero attached hydrogens (tertiary/aromatic N) is 2. The van der Waals surface area contributed by atoms with Crippen LogP contribution in [0.25, 0.3) is 0 Å². The number of hydrogen-bond donors (Lipinski definition) is 1. The third-order valence-electron chi connectivity index (χ3n) is 2.99. The molecular weight excluding hydrogens is 206 g/mol. The molecule has 4 heteroatoms. The Kier molecular flexibility index (Phi) is 3.38. The lowest BCUT2D eigenvalue weighted by atomic mass is 10.2. The van der Waals surface area contributed by atoms with Crippen molar-refractivity contribution in [2.24, 2.45) is 0 Å². The van der Waals surface area contributed by atoms with Gasteiger partial charge >= 0.3 is 0 Å². The van der Waals surface area contributed by atoms with E-state index >= 15 is 0 Å². The number of piperazine rings is 1. The highest BCUT2D eigenvalue weighted by atomic mass is 32.1. The maximum Gasteiger partial charge on any atom is 0.0900 e. The predicted octanol–water partition coefficient (Wildman–Crippen LogP) is 1.55. The third-order valence-corrected chi connectivity index (χ3v) is 4.04. The van der Waals surface area contributed by atoms with Gasteiger partial charge in [-0.3, -0.25) is 4.90 Å². The van der Waals surface area contributed by atoms with Crippen LogP contribution in [-0.2, 0) is 6.54 Å². The molecule has 0 aromatic carbocycles. The molecule has 0 radical (unpaired) electrons. The number of aryl methyl sites for hydroxylation is 2. The Labute approximate surface area is 95.5 Å². The van der Waals surface area contributed by atoms with Gasteiger partial charge in [-0.1, -0.05) is 0 Å². The highest BCUT2D eigenvalue weighted by molar-refractivity contribution is 7.11. The largest absolute Gasteiger partial charge is 0.314 e. The third kappa shape index (κ3) is 2.56. The van der Waals surface area contributed by atoms with Gasteiger partial charge in [0, 0.05) is 37.1 Å². The number of rotatable bonds is 2. The maximum atomic E-state index is 4.48. The van der Waals surface area contributed by atoms with Gasteiger partial charge < -0.3 is 5.32 Å². The Morgan fingerprint density at radius 1 is 1.53 bits per heavy atom. The average molecular weight is 225 g/mol. The highest BCUT2D eigenvalue weighted by Gasteiger charge is 2.19. The van der Waals surface area contributed by atoms with Crippen LogP contribution in [0.1, 0.15) is 22.5 Å². The van der Waals surface area contributed by atoms with Crippen LogP contribution in [-0.4, -0.2) is 35.6 Å². The van der Waals surface area contributed by atoms with Gasteiger partial charge in [-0.15, -0.1) is 11.3 Å². The summed E-state index contributed by atoms with van der Waals surface area (Å²) in [6, 6.07) is 0.639. The standard InChI is InChI=1S/C11H19N3S/c1-8-6-12-4-5-14(8)7-11-9(2)13-10(3)15-11/h8,12H,4-7H2,1-3H3/t8-/m1/s1. The molecule has 2 heterocycles. The second-order valence-electron chi connectivity index (χ2n) is 4.27. The van der Waals surface area contributed by atoms with Crippen LogP contribution in [0, 0.1) is 13.8 Å². The Morgan fingerprint density at radius 2 is 2.33 bits per heavy atom. The minimum atomic E-state index is 0.639. The van der Waals surface area contributed by atoms with E-state index in [0.717, 1.165) is 26.2 Å². The lowest BCUT2D eigenvalue weighted by Gasteiger charge is -2.33. The van der Waals surface area contributed by atoms with Crippen molar-refractivity contribution >= 4 is 11.3 Å². The molecule has 2 rings (SSSR count). The van der Waals surface area contributed by atoms with Crippen LogP contribution in [0.5, 0.6) is 0 Å². The average Bonchev–Trinajstić information content (AvgIpc) is 2.49. The zero-order valence-electron chi connectivity index (χ0n) is 9.71. The van der Waals surface area contributed by atoms with Crippen molar-refractivity contribution in [1.82, 2.24) is 15.2 Å². The van der Waals surface area contributed by atoms with E-state index in [-0.39, 0.29) is 0 Å². The van der Waals surface area contributed by atoms with Crippen molar-refractivity contribution in [2.75, 3.05) is 19.6 Å². The first-order valence-corrected chi connectivity index (χ1v) is 6.36. The van der Waals surface area contributed by atoms with Gasteiger partial charge in [-0.05, 0) is 20.8 Å². The summed E-state index contributed by atoms with van der Waals surface area (Å²) >= 11 is 1.84. The van der Waals surface area contributed by atoms with Crippen molar-refractivity contribution in [3.63, 3.8) is 0 Å². The van der Waals surface area contributed by atoms with Gasteiger partial charge in [0.15, 0.2) is 0 Å². The van der Waals surface area contributed by atoms with Gasteiger partial charge in [0.2, 0.25) is 0 Å². The molecule has 1 saturated heterocycles. The molecule has 84 valence electrons. The Balaban J connectivity index is 2.04. The molecule has 0 aliphatic carbocycles. The Morgan fingerprint density at radius 3 is 2.93 bits per heavy atom. The monoisotopic (exact) mass is 225 g/mol. The van der Waals surface area contributed by atoms with E-state index in [1.54, 1.807) is 0 Å². The zero-order valence-corrected chi connectivity index (χ0v) is 10.5. The molecule has 1 atom stereocenters. The smallest absolute Gasteiger partial charge is 0.0900 e. The number of thiazole rings is 1. The number of aromatic nitrogens is 1. The first kappa shape index (κ1) is 11.0. The Bertz CT molecular complexity index is 335. The molecule has 0 unspecified atom stereocenters. The van der Waals surface area contributed by atoms with Gasteiger partial charge in [0.1, 0.15) is 0 Å². The number of hydrogen-bond acceptors (Lipinski definition) is 4. The molecule has 0 saturated carbocycles. The number of nitrogens with one attached hydrogen (secondary N) is 1. The molecule has 1 aromatic heterocycles. The zero-order chi connectivity index (χ0) is 10.8. The van der Waals surface area contributed by atoms with E-state index in [1.807, 2.05) is 11.3 Å². The first-order chi connectivity index (χ1) is 7.16. The maximum absolute atomic E-state index is 4.48. The second kappa shape index (κ2) is 4.60. The molecular formula is C11H19N3S. The second-order valence-corrected chi connectivity index (χ2v) is 5.55. The summed E-state index contributed by atoms with van der Waals surface area (Å²) in [6.45, 7) is 10.9. The highest BCUT2D eigenvalue weighted by Crippen LogP contribution is 2.20. The van der Waals surface area contributed by atoms with E-state index in [0.29, 0.717) is 6.04 Å². The Hall–Kier alpha value is -0.450. The van der Waals surface area contributed by atoms with Crippen LogP contribution in [0.3, 0.4) is 0 Å². The normalized spacial score (nSPS) is 23.3. The van der Waals surface area contributed by atoms with Crippen molar-refractivity contribution in [3.05, 3.63) is 15.6 Å². The van der Waals surface area contributed by atoms with Gasteiger partial charge in [-0.25, -0.2) is 4.98 Å². The molecule has 0 spiro atoms. The topological polar surface area (TPSA) is 28.2 Å². The van der Waals surface area contributed by atoms with Crippen LogP contribution in [0.4, 0.5) is 0 Å². The SMILES string of the molecule is Cc1nc(C)c(CN2CCNC[C@H]2C)s1. The minimum absolute atomic E-state index is 0.639. The van der Waals surface area contributed by atoms with E-state index < -0.39 is 0 Å². The van der Waals surface area contributed by atoms with Gasteiger partial charge in [0.25, 0.3) is 0 Å². The fraction of sp³-hybridized carbons (Fsp3) is 0.727. The molecule has 1 aliphatic rings. The van der Waals surface area contributed by atoms with Crippen molar-refractivity contribution < 1.29 is 0 Å². The summed E-state index contributed by atoms with van der Waals surface area (Å²) in [5.41, 5.74) is 1.21. The van der Waals surface area contributed by atoms with E-state index in [2.05, 4.69) is 36.0 Å². The summed E-state index contributed by atoms with van der Waals surface area (Å²) in [5, 5.41) is 4.60. The molecule has 0 amide bonds. The quantitative estimate of drug-likeness (QED) is 0.828. The molecule has 1 N–H and O–H groups in total. The van der Waals surface area contributed by atoms with E-state index in [9.17, 15) is 0 Å². The van der Waals surface area contributed by atoms with Gasteiger partial charge in [0.05, 0.1) is 10.7 Å². The summed E-state index contributed by atoms with van der Waals surface area (Å²) in [6.07, 6.45) is 0. The summed E-state index contributed by atoms with van der Waals surface area (Å²) in [4.78, 5) is 8.45. The molecule has 0 bridgehead atoms. The summed E-state index contributed by atoms with van der Waals surface area (Å²) in [5.74, 6) is 0.